The topological polar surface area (TPSA) is 83.3 Å². The van der Waals surface area contributed by atoms with Crippen LogP contribution in [-0.4, -0.2) is 29.1 Å². The number of nitrogens with one attached hydrogen (secondary N) is 2. The molecule has 0 aliphatic rings. The van der Waals surface area contributed by atoms with Gasteiger partial charge in [0.15, 0.2) is 5.82 Å². The summed E-state index contributed by atoms with van der Waals surface area (Å²) in [7, 11) is 0. The molecule has 1 aromatic carbocycles. The predicted octanol–water partition coefficient (Wildman–Crippen LogP) is 4.53. The monoisotopic (exact) mass is 379 g/mol. The van der Waals surface area contributed by atoms with Gasteiger partial charge in [0.2, 0.25) is 0 Å². The van der Waals surface area contributed by atoms with Crippen LogP contribution < -0.4 is 15.5 Å². The van der Waals surface area contributed by atoms with Gasteiger partial charge in [0.25, 0.3) is 5.91 Å². The summed E-state index contributed by atoms with van der Waals surface area (Å²) < 4.78 is 5.03. The Morgan fingerprint density at radius 2 is 1.86 bits per heavy atom. The average molecular weight is 379 g/mol. The molecule has 3 aromatic rings. The van der Waals surface area contributed by atoms with E-state index in [1.54, 1.807) is 24.4 Å². The fourth-order valence-corrected chi connectivity index (χ4v) is 2.96. The number of hydrogen-bond acceptors (Lipinski definition) is 6. The molecule has 0 saturated carbocycles. The van der Waals surface area contributed by atoms with Crippen LogP contribution in [0.2, 0.25) is 0 Å². The standard InChI is InChI=1S/C21H25N5O2/c1-5-26(6-2)17-7-8-18(14(3)11-17)23-21(27)16-9-10-22-19(13-16)24-20-12-15(4)28-25-20/h7-13H,5-6H2,1-4H3,(H,23,27)(H,22,24,25). The van der Waals surface area contributed by atoms with Crippen molar-refractivity contribution in [2.24, 2.45) is 0 Å². The quantitative estimate of drug-likeness (QED) is 0.628. The van der Waals surface area contributed by atoms with E-state index in [1.165, 1.54) is 0 Å². The Labute approximate surface area is 164 Å². The third-order valence-corrected chi connectivity index (χ3v) is 4.49. The molecule has 0 spiro atoms. The Balaban J connectivity index is 1.73. The van der Waals surface area contributed by atoms with Crippen molar-refractivity contribution in [3.63, 3.8) is 0 Å². The largest absolute Gasteiger partial charge is 0.372 e. The van der Waals surface area contributed by atoms with E-state index in [1.807, 2.05) is 26.0 Å². The molecule has 0 aliphatic heterocycles. The third kappa shape index (κ3) is 4.49. The maximum absolute atomic E-state index is 12.7. The van der Waals surface area contributed by atoms with Gasteiger partial charge in [-0.05, 0) is 63.6 Å². The molecule has 0 fully saturated rings. The molecule has 7 nitrogen and oxygen atoms in total. The molecule has 7 heteroatoms. The summed E-state index contributed by atoms with van der Waals surface area (Å²) in [6.07, 6.45) is 1.58. The SMILES string of the molecule is CCN(CC)c1ccc(NC(=O)c2ccnc(Nc3cc(C)on3)c2)c(C)c1. The van der Waals surface area contributed by atoms with Crippen LogP contribution in [0.15, 0.2) is 47.1 Å². The maximum Gasteiger partial charge on any atom is 0.255 e. The zero-order chi connectivity index (χ0) is 20.1. The first-order valence-electron chi connectivity index (χ1n) is 9.33. The van der Waals surface area contributed by atoms with Gasteiger partial charge in [0.1, 0.15) is 11.6 Å². The number of anilines is 4. The normalized spacial score (nSPS) is 10.6. The van der Waals surface area contributed by atoms with Crippen molar-refractivity contribution in [3.05, 3.63) is 59.5 Å². The minimum absolute atomic E-state index is 0.194. The van der Waals surface area contributed by atoms with Crippen LogP contribution in [0.1, 0.15) is 35.5 Å². The number of carbonyl (C=O) groups is 1. The van der Waals surface area contributed by atoms with Gasteiger partial charge in [-0.1, -0.05) is 5.16 Å². The predicted molar refractivity (Wildman–Crippen MR) is 111 cm³/mol. The zero-order valence-electron chi connectivity index (χ0n) is 16.6. The van der Waals surface area contributed by atoms with Crippen LogP contribution in [0, 0.1) is 13.8 Å². The van der Waals surface area contributed by atoms with E-state index in [-0.39, 0.29) is 5.91 Å². The molecule has 2 aromatic heterocycles. The van der Waals surface area contributed by atoms with Crippen molar-refractivity contribution in [3.8, 4) is 0 Å². The average Bonchev–Trinajstić information content (AvgIpc) is 3.09. The lowest BCUT2D eigenvalue weighted by atomic mass is 10.1. The van der Waals surface area contributed by atoms with Crippen molar-refractivity contribution < 1.29 is 9.32 Å². The summed E-state index contributed by atoms with van der Waals surface area (Å²) in [5, 5.41) is 9.87. The highest BCUT2D eigenvalue weighted by Gasteiger charge is 2.11. The number of nitrogens with zero attached hydrogens (tertiary/aromatic N) is 3. The van der Waals surface area contributed by atoms with Crippen LogP contribution >= 0.6 is 0 Å². The second-order valence-electron chi connectivity index (χ2n) is 6.50. The highest BCUT2D eigenvalue weighted by atomic mass is 16.5. The molecular weight excluding hydrogens is 354 g/mol. The van der Waals surface area contributed by atoms with Crippen molar-refractivity contribution in [2.45, 2.75) is 27.7 Å². The Hall–Kier alpha value is -3.35. The van der Waals surface area contributed by atoms with Gasteiger partial charge in [0, 0.05) is 42.3 Å². The lowest BCUT2D eigenvalue weighted by molar-refractivity contribution is 0.102. The first kappa shape index (κ1) is 19.4. The fraction of sp³-hybridized carbons (Fsp3) is 0.286. The fourth-order valence-electron chi connectivity index (χ4n) is 2.96. The zero-order valence-corrected chi connectivity index (χ0v) is 16.6. The number of benzene rings is 1. The molecule has 0 bridgehead atoms. The number of aryl methyl sites for hydroxylation is 2. The van der Waals surface area contributed by atoms with E-state index in [0.29, 0.717) is 23.0 Å². The number of carbonyl (C=O) groups excluding carboxylic acids is 1. The van der Waals surface area contributed by atoms with Gasteiger partial charge < -0.3 is 20.1 Å². The second kappa shape index (κ2) is 8.56. The Morgan fingerprint density at radius 1 is 1.07 bits per heavy atom. The lowest BCUT2D eigenvalue weighted by Crippen LogP contribution is -2.22. The number of amides is 1. The van der Waals surface area contributed by atoms with Crippen molar-refractivity contribution in [1.82, 2.24) is 10.1 Å². The summed E-state index contributed by atoms with van der Waals surface area (Å²) in [5.41, 5.74) is 3.46. The third-order valence-electron chi connectivity index (χ3n) is 4.49. The van der Waals surface area contributed by atoms with E-state index in [9.17, 15) is 4.79 Å². The molecule has 0 saturated heterocycles. The van der Waals surface area contributed by atoms with Crippen LogP contribution in [-0.2, 0) is 0 Å². The smallest absolute Gasteiger partial charge is 0.255 e. The first-order chi connectivity index (χ1) is 13.5. The second-order valence-corrected chi connectivity index (χ2v) is 6.50. The molecule has 0 radical (unpaired) electrons. The molecule has 0 unspecified atom stereocenters. The summed E-state index contributed by atoms with van der Waals surface area (Å²) in [6.45, 7) is 9.95. The number of aromatic nitrogens is 2. The minimum atomic E-state index is -0.194. The van der Waals surface area contributed by atoms with Gasteiger partial charge in [-0.15, -0.1) is 0 Å². The van der Waals surface area contributed by atoms with Gasteiger partial charge in [-0.3, -0.25) is 4.79 Å². The number of hydrogen-bond donors (Lipinski definition) is 2. The van der Waals surface area contributed by atoms with Crippen LogP contribution in [0.3, 0.4) is 0 Å². The van der Waals surface area contributed by atoms with E-state index in [0.717, 1.165) is 30.0 Å². The van der Waals surface area contributed by atoms with E-state index in [4.69, 9.17) is 4.52 Å². The first-order valence-corrected chi connectivity index (χ1v) is 9.33. The molecule has 2 N–H and O–H groups in total. The molecule has 1 amide bonds. The lowest BCUT2D eigenvalue weighted by Gasteiger charge is -2.22. The molecule has 0 aliphatic carbocycles. The highest BCUT2D eigenvalue weighted by Crippen LogP contribution is 2.23. The van der Waals surface area contributed by atoms with Crippen LogP contribution in [0.5, 0.6) is 0 Å². The Kier molecular flexibility index (Phi) is 5.93. The summed E-state index contributed by atoms with van der Waals surface area (Å²) in [5.74, 6) is 1.57. The molecule has 0 atom stereocenters. The molecule has 28 heavy (non-hydrogen) atoms. The van der Waals surface area contributed by atoms with E-state index >= 15 is 0 Å². The van der Waals surface area contributed by atoms with Crippen molar-refractivity contribution >= 4 is 28.9 Å². The van der Waals surface area contributed by atoms with Crippen molar-refractivity contribution in [2.75, 3.05) is 28.6 Å². The molecule has 3 rings (SSSR count). The summed E-state index contributed by atoms with van der Waals surface area (Å²) >= 11 is 0. The van der Waals surface area contributed by atoms with Gasteiger partial charge in [0.05, 0.1) is 0 Å². The molecular formula is C21H25N5O2. The number of pyridine rings is 1. The van der Waals surface area contributed by atoms with E-state index < -0.39 is 0 Å². The Morgan fingerprint density at radius 3 is 2.50 bits per heavy atom. The van der Waals surface area contributed by atoms with Crippen LogP contribution in [0.4, 0.5) is 23.0 Å². The van der Waals surface area contributed by atoms with E-state index in [2.05, 4.69) is 45.6 Å². The van der Waals surface area contributed by atoms with Gasteiger partial charge in [-0.25, -0.2) is 4.98 Å². The molecule has 146 valence electrons. The Bertz CT molecular complexity index is 963. The van der Waals surface area contributed by atoms with Crippen molar-refractivity contribution in [1.29, 1.82) is 0 Å². The summed E-state index contributed by atoms with van der Waals surface area (Å²) in [6, 6.07) is 11.2. The van der Waals surface area contributed by atoms with Gasteiger partial charge in [-0.2, -0.15) is 0 Å². The van der Waals surface area contributed by atoms with Crippen LogP contribution in [0.25, 0.3) is 0 Å². The van der Waals surface area contributed by atoms with Gasteiger partial charge >= 0.3 is 0 Å². The maximum atomic E-state index is 12.7. The summed E-state index contributed by atoms with van der Waals surface area (Å²) in [4.78, 5) is 19.2. The number of rotatable bonds is 7. The minimum Gasteiger partial charge on any atom is -0.372 e. The highest BCUT2D eigenvalue weighted by molar-refractivity contribution is 6.05. The molecule has 2 heterocycles.